The summed E-state index contributed by atoms with van der Waals surface area (Å²) in [6.07, 6.45) is 3.51. The second-order valence-corrected chi connectivity index (χ2v) is 6.43. The maximum absolute atomic E-state index is 11.4. The maximum Gasteiger partial charge on any atom is 0.337 e. The molecule has 2 saturated heterocycles. The number of piperidine rings is 1. The Morgan fingerprint density at radius 1 is 1.43 bits per heavy atom. The molecule has 0 spiro atoms. The van der Waals surface area contributed by atoms with E-state index in [1.54, 1.807) is 0 Å². The highest BCUT2D eigenvalue weighted by molar-refractivity contribution is 5.89. The standard InChI is InChI=1S/C17H23NO3/c1-17(10-14-11-18-8-7-15(14)21-17)9-12-3-5-13(6-4-12)16(19)20-2/h3-6,14-15,18H,7-11H2,1-2H3/t14-,15+,17+/m1/s1. The van der Waals surface area contributed by atoms with Crippen LogP contribution in [0.1, 0.15) is 35.7 Å². The van der Waals surface area contributed by atoms with E-state index in [4.69, 9.17) is 9.47 Å². The number of hydrogen-bond acceptors (Lipinski definition) is 4. The van der Waals surface area contributed by atoms with Crippen LogP contribution in [0, 0.1) is 5.92 Å². The van der Waals surface area contributed by atoms with Crippen LogP contribution in [0.3, 0.4) is 0 Å². The highest BCUT2D eigenvalue weighted by atomic mass is 16.5. The molecule has 2 aliphatic heterocycles. The van der Waals surface area contributed by atoms with Crippen molar-refractivity contribution in [1.82, 2.24) is 5.32 Å². The molecule has 0 unspecified atom stereocenters. The molecule has 1 aromatic carbocycles. The summed E-state index contributed by atoms with van der Waals surface area (Å²) in [4.78, 5) is 11.4. The van der Waals surface area contributed by atoms with Gasteiger partial charge in [-0.05, 0) is 44.0 Å². The van der Waals surface area contributed by atoms with Gasteiger partial charge in [-0.2, -0.15) is 0 Å². The van der Waals surface area contributed by atoms with Crippen LogP contribution in [0.4, 0.5) is 0 Å². The quantitative estimate of drug-likeness (QED) is 0.866. The first-order valence-corrected chi connectivity index (χ1v) is 7.65. The van der Waals surface area contributed by atoms with Crippen LogP contribution in [-0.4, -0.2) is 37.9 Å². The van der Waals surface area contributed by atoms with E-state index >= 15 is 0 Å². The van der Waals surface area contributed by atoms with Gasteiger partial charge in [-0.25, -0.2) is 4.79 Å². The van der Waals surface area contributed by atoms with Crippen LogP contribution in [-0.2, 0) is 15.9 Å². The summed E-state index contributed by atoms with van der Waals surface area (Å²) in [6.45, 7) is 4.34. The highest BCUT2D eigenvalue weighted by Gasteiger charge is 2.43. The number of rotatable bonds is 3. The van der Waals surface area contributed by atoms with Crippen LogP contribution in [0.25, 0.3) is 0 Å². The molecule has 0 saturated carbocycles. The molecule has 0 aliphatic carbocycles. The van der Waals surface area contributed by atoms with Gasteiger partial charge >= 0.3 is 5.97 Å². The number of methoxy groups -OCH3 is 1. The van der Waals surface area contributed by atoms with Crippen LogP contribution >= 0.6 is 0 Å². The maximum atomic E-state index is 11.4. The molecule has 4 heteroatoms. The number of esters is 1. The molecule has 3 atom stereocenters. The van der Waals surface area contributed by atoms with Gasteiger partial charge in [-0.1, -0.05) is 12.1 Å². The number of ether oxygens (including phenoxy) is 2. The Hall–Kier alpha value is -1.39. The monoisotopic (exact) mass is 289 g/mol. The Labute approximate surface area is 125 Å². The predicted octanol–water partition coefficient (Wildman–Crippen LogP) is 2.17. The smallest absolute Gasteiger partial charge is 0.337 e. The van der Waals surface area contributed by atoms with Gasteiger partial charge in [0.2, 0.25) is 0 Å². The summed E-state index contributed by atoms with van der Waals surface area (Å²) in [6, 6.07) is 7.66. The summed E-state index contributed by atoms with van der Waals surface area (Å²) in [7, 11) is 1.40. The Bertz CT molecular complexity index is 497. The Balaban J connectivity index is 1.67. The van der Waals surface area contributed by atoms with E-state index in [1.165, 1.54) is 12.7 Å². The zero-order valence-electron chi connectivity index (χ0n) is 12.7. The third kappa shape index (κ3) is 3.11. The molecule has 1 N–H and O–H groups in total. The highest BCUT2D eigenvalue weighted by Crippen LogP contribution is 2.39. The van der Waals surface area contributed by atoms with Crippen molar-refractivity contribution in [2.24, 2.45) is 5.92 Å². The van der Waals surface area contributed by atoms with Crippen molar-refractivity contribution in [1.29, 1.82) is 0 Å². The van der Waals surface area contributed by atoms with E-state index in [-0.39, 0.29) is 11.6 Å². The minimum absolute atomic E-state index is 0.0892. The normalized spacial score (nSPS) is 31.7. The average molecular weight is 289 g/mol. The van der Waals surface area contributed by atoms with Crippen molar-refractivity contribution in [3.8, 4) is 0 Å². The molecule has 4 nitrogen and oxygen atoms in total. The second kappa shape index (κ2) is 5.78. The van der Waals surface area contributed by atoms with Gasteiger partial charge in [0, 0.05) is 18.9 Å². The average Bonchev–Trinajstić information content (AvgIpc) is 2.82. The van der Waals surface area contributed by atoms with Crippen molar-refractivity contribution in [2.45, 2.75) is 37.9 Å². The molecule has 0 bridgehead atoms. The zero-order valence-corrected chi connectivity index (χ0v) is 12.7. The van der Waals surface area contributed by atoms with Gasteiger partial charge < -0.3 is 14.8 Å². The molecular weight excluding hydrogens is 266 g/mol. The minimum atomic E-state index is -0.290. The zero-order chi connectivity index (χ0) is 14.9. The third-order valence-electron chi connectivity index (χ3n) is 4.62. The van der Waals surface area contributed by atoms with E-state index in [0.29, 0.717) is 17.6 Å². The molecule has 0 amide bonds. The molecular formula is C17H23NO3. The second-order valence-electron chi connectivity index (χ2n) is 6.43. The van der Waals surface area contributed by atoms with Crippen molar-refractivity contribution >= 4 is 5.97 Å². The van der Waals surface area contributed by atoms with Crippen molar-refractivity contribution in [2.75, 3.05) is 20.2 Å². The van der Waals surface area contributed by atoms with E-state index in [2.05, 4.69) is 12.2 Å². The Kier molecular flexibility index (Phi) is 4.00. The van der Waals surface area contributed by atoms with Crippen LogP contribution in [0.2, 0.25) is 0 Å². The van der Waals surface area contributed by atoms with Gasteiger partial charge in [0.15, 0.2) is 0 Å². The van der Waals surface area contributed by atoms with E-state index < -0.39 is 0 Å². The predicted molar refractivity (Wildman–Crippen MR) is 80.4 cm³/mol. The minimum Gasteiger partial charge on any atom is -0.465 e. The van der Waals surface area contributed by atoms with Gasteiger partial charge in [-0.3, -0.25) is 0 Å². The lowest BCUT2D eigenvalue weighted by Crippen LogP contribution is -2.37. The number of fused-ring (bicyclic) bond motifs is 1. The van der Waals surface area contributed by atoms with Crippen LogP contribution < -0.4 is 5.32 Å². The molecule has 1 aromatic rings. The number of hydrogen-bond donors (Lipinski definition) is 1. The molecule has 2 aliphatic rings. The third-order valence-corrected chi connectivity index (χ3v) is 4.62. The van der Waals surface area contributed by atoms with Gasteiger partial charge in [-0.15, -0.1) is 0 Å². The van der Waals surface area contributed by atoms with E-state index in [0.717, 1.165) is 32.4 Å². The van der Waals surface area contributed by atoms with Crippen LogP contribution in [0.15, 0.2) is 24.3 Å². The van der Waals surface area contributed by atoms with Gasteiger partial charge in [0.05, 0.1) is 24.4 Å². The van der Waals surface area contributed by atoms with Crippen molar-refractivity contribution < 1.29 is 14.3 Å². The first kappa shape index (κ1) is 14.5. The lowest BCUT2D eigenvalue weighted by molar-refractivity contribution is -0.0389. The first-order chi connectivity index (χ1) is 10.1. The van der Waals surface area contributed by atoms with Gasteiger partial charge in [0.25, 0.3) is 0 Å². The molecule has 114 valence electrons. The lowest BCUT2D eigenvalue weighted by atomic mass is 9.86. The first-order valence-electron chi connectivity index (χ1n) is 7.65. The fourth-order valence-corrected chi connectivity index (χ4v) is 3.65. The number of benzene rings is 1. The van der Waals surface area contributed by atoms with E-state index in [9.17, 15) is 4.79 Å². The molecule has 21 heavy (non-hydrogen) atoms. The fraction of sp³-hybridized carbons (Fsp3) is 0.588. The summed E-state index contributed by atoms with van der Waals surface area (Å²) in [5.41, 5.74) is 1.71. The molecule has 3 rings (SSSR count). The summed E-state index contributed by atoms with van der Waals surface area (Å²) in [5.74, 6) is 0.347. The van der Waals surface area contributed by atoms with E-state index in [1.807, 2.05) is 24.3 Å². The number of carbonyl (C=O) groups is 1. The summed E-state index contributed by atoms with van der Waals surface area (Å²) < 4.78 is 11.0. The number of nitrogens with one attached hydrogen (secondary N) is 1. The molecule has 2 heterocycles. The number of carbonyl (C=O) groups excluding carboxylic acids is 1. The van der Waals surface area contributed by atoms with Gasteiger partial charge in [0.1, 0.15) is 0 Å². The van der Waals surface area contributed by atoms with Crippen LogP contribution in [0.5, 0.6) is 0 Å². The summed E-state index contributed by atoms with van der Waals surface area (Å²) >= 11 is 0. The topological polar surface area (TPSA) is 47.6 Å². The molecule has 0 aromatic heterocycles. The largest absolute Gasteiger partial charge is 0.465 e. The Morgan fingerprint density at radius 2 is 2.19 bits per heavy atom. The van der Waals surface area contributed by atoms with Crippen molar-refractivity contribution in [3.63, 3.8) is 0 Å². The molecule has 2 fully saturated rings. The summed E-state index contributed by atoms with van der Waals surface area (Å²) in [5, 5.41) is 3.45. The fourth-order valence-electron chi connectivity index (χ4n) is 3.65. The Morgan fingerprint density at radius 3 is 2.86 bits per heavy atom. The molecule has 0 radical (unpaired) electrons. The SMILES string of the molecule is COC(=O)c1ccc(C[C@@]2(C)C[C@@H]3CNCC[C@@H]3O2)cc1. The lowest BCUT2D eigenvalue weighted by Gasteiger charge is -2.26. The van der Waals surface area contributed by atoms with Crippen molar-refractivity contribution in [3.05, 3.63) is 35.4 Å².